The van der Waals surface area contributed by atoms with Gasteiger partial charge in [-0.05, 0) is 44.0 Å². The number of halogens is 2. The van der Waals surface area contributed by atoms with E-state index >= 15 is 0 Å². The van der Waals surface area contributed by atoms with Gasteiger partial charge >= 0.3 is 0 Å². The number of anilines is 1. The Morgan fingerprint density at radius 1 is 1.47 bits per heavy atom. The van der Waals surface area contributed by atoms with Crippen molar-refractivity contribution >= 4 is 43.5 Å². The van der Waals surface area contributed by atoms with Crippen molar-refractivity contribution in [1.82, 2.24) is 0 Å². The van der Waals surface area contributed by atoms with Gasteiger partial charge in [-0.2, -0.15) is 0 Å². The Labute approximate surface area is 117 Å². The third kappa shape index (κ3) is 4.39. The Morgan fingerprint density at radius 3 is 2.53 bits per heavy atom. The predicted octanol–water partition coefficient (Wildman–Crippen LogP) is 2.51. The van der Waals surface area contributed by atoms with E-state index in [2.05, 4.69) is 37.2 Å². The van der Waals surface area contributed by atoms with Crippen LogP contribution in [0.25, 0.3) is 0 Å². The molecule has 1 aromatic rings. The molecule has 94 valence electrons. The van der Waals surface area contributed by atoms with E-state index in [1.807, 2.05) is 18.2 Å². The summed E-state index contributed by atoms with van der Waals surface area (Å²) < 4.78 is 6.70. The molecule has 1 atom stereocenters. The molecule has 1 rings (SSSR count). The maximum atomic E-state index is 11.8. The highest BCUT2D eigenvalue weighted by molar-refractivity contribution is 9.11. The van der Waals surface area contributed by atoms with Gasteiger partial charge in [0.05, 0.1) is 18.2 Å². The Morgan fingerprint density at radius 2 is 2.06 bits per heavy atom. The van der Waals surface area contributed by atoms with Crippen LogP contribution in [-0.4, -0.2) is 25.7 Å². The number of nitrogens with one attached hydrogen (secondary N) is 1. The van der Waals surface area contributed by atoms with Crippen molar-refractivity contribution in [2.24, 2.45) is 5.73 Å². The molecule has 17 heavy (non-hydrogen) atoms. The summed E-state index contributed by atoms with van der Waals surface area (Å²) in [7, 11) is 1.54. The zero-order valence-electron chi connectivity index (χ0n) is 9.37. The highest BCUT2D eigenvalue weighted by Crippen LogP contribution is 2.30. The molecule has 3 N–H and O–H groups in total. The third-order valence-corrected chi connectivity index (χ3v) is 3.56. The monoisotopic (exact) mass is 364 g/mol. The van der Waals surface area contributed by atoms with Crippen molar-refractivity contribution in [3.05, 3.63) is 27.1 Å². The van der Waals surface area contributed by atoms with Crippen LogP contribution in [0, 0.1) is 0 Å². The lowest BCUT2D eigenvalue weighted by Gasteiger charge is -2.14. The van der Waals surface area contributed by atoms with E-state index < -0.39 is 0 Å². The van der Waals surface area contributed by atoms with Gasteiger partial charge in [0.2, 0.25) is 5.91 Å². The highest BCUT2D eigenvalue weighted by atomic mass is 79.9. The summed E-state index contributed by atoms with van der Waals surface area (Å²) in [6, 6.07) is 5.59. The minimum atomic E-state index is -0.253. The zero-order chi connectivity index (χ0) is 12.8. The highest BCUT2D eigenvalue weighted by Gasteiger charge is 2.13. The largest absolute Gasteiger partial charge is 0.380 e. The van der Waals surface area contributed by atoms with Gasteiger partial charge in [-0.3, -0.25) is 4.79 Å². The summed E-state index contributed by atoms with van der Waals surface area (Å²) in [5.74, 6) is -0.130. The van der Waals surface area contributed by atoms with Gasteiger partial charge in [0.25, 0.3) is 0 Å². The number of hydrogen-bond donors (Lipinski definition) is 2. The quantitative estimate of drug-likeness (QED) is 0.842. The van der Waals surface area contributed by atoms with Crippen molar-refractivity contribution in [1.29, 1.82) is 0 Å². The second-order valence-electron chi connectivity index (χ2n) is 3.44. The summed E-state index contributed by atoms with van der Waals surface area (Å²) in [6.45, 7) is 0.320. The number of carbonyl (C=O) groups is 1. The molecule has 0 aromatic heterocycles. The molecule has 0 aliphatic carbocycles. The Hall–Kier alpha value is -0.430. The number of rotatable bonds is 5. The first-order chi connectivity index (χ1) is 8.08. The molecule has 0 aliphatic heterocycles. The molecular formula is C11H14Br2N2O2. The number of ether oxygens (including phenoxy) is 1. The fourth-order valence-corrected chi connectivity index (χ4v) is 2.47. The first-order valence-corrected chi connectivity index (χ1v) is 6.63. The molecule has 1 unspecified atom stereocenters. The Kier molecular flexibility index (Phi) is 6.11. The maximum absolute atomic E-state index is 11.8. The number of amides is 1. The third-order valence-electron chi connectivity index (χ3n) is 2.24. The standard InChI is InChI=1S/C11H14Br2N2O2/c1-17-7(6-14)5-10(16)15-11-8(12)3-2-4-9(11)13/h2-4,7H,5-6,14H2,1H3,(H,15,16). The lowest BCUT2D eigenvalue weighted by molar-refractivity contribution is -0.118. The van der Waals surface area contributed by atoms with Crippen LogP contribution >= 0.6 is 31.9 Å². The fourth-order valence-electron chi connectivity index (χ4n) is 1.28. The summed E-state index contributed by atoms with van der Waals surface area (Å²) in [4.78, 5) is 11.8. The second kappa shape index (κ2) is 7.10. The van der Waals surface area contributed by atoms with Crippen LogP contribution in [0.3, 0.4) is 0 Å². The van der Waals surface area contributed by atoms with Crippen LogP contribution < -0.4 is 11.1 Å². The van der Waals surface area contributed by atoms with E-state index in [-0.39, 0.29) is 18.4 Å². The molecule has 6 heteroatoms. The van der Waals surface area contributed by atoms with Gasteiger partial charge in [0.1, 0.15) is 0 Å². The van der Waals surface area contributed by atoms with Gasteiger partial charge < -0.3 is 15.8 Å². The molecule has 0 saturated carbocycles. The average Bonchev–Trinajstić information content (AvgIpc) is 2.31. The van der Waals surface area contributed by atoms with E-state index in [0.29, 0.717) is 12.2 Å². The van der Waals surface area contributed by atoms with E-state index in [1.54, 1.807) is 7.11 Å². The van der Waals surface area contributed by atoms with Gasteiger partial charge in [0.15, 0.2) is 0 Å². The van der Waals surface area contributed by atoms with Gasteiger partial charge in [0, 0.05) is 22.6 Å². The molecular weight excluding hydrogens is 352 g/mol. The topological polar surface area (TPSA) is 64.3 Å². The van der Waals surface area contributed by atoms with E-state index in [0.717, 1.165) is 8.95 Å². The first kappa shape index (κ1) is 14.6. The van der Waals surface area contributed by atoms with Crippen molar-refractivity contribution in [2.45, 2.75) is 12.5 Å². The van der Waals surface area contributed by atoms with E-state index in [9.17, 15) is 4.79 Å². The number of methoxy groups -OCH3 is 1. The van der Waals surface area contributed by atoms with E-state index in [4.69, 9.17) is 10.5 Å². The molecule has 0 aliphatic rings. The summed E-state index contributed by atoms with van der Waals surface area (Å²) in [5.41, 5.74) is 6.17. The maximum Gasteiger partial charge on any atom is 0.227 e. The normalized spacial score (nSPS) is 12.2. The summed E-state index contributed by atoms with van der Waals surface area (Å²) >= 11 is 6.75. The van der Waals surface area contributed by atoms with Crippen LogP contribution in [0.4, 0.5) is 5.69 Å². The van der Waals surface area contributed by atoms with Crippen LogP contribution in [0.2, 0.25) is 0 Å². The molecule has 0 spiro atoms. The lowest BCUT2D eigenvalue weighted by atomic mass is 10.2. The van der Waals surface area contributed by atoms with Crippen molar-refractivity contribution in [3.63, 3.8) is 0 Å². The van der Waals surface area contributed by atoms with Crippen molar-refractivity contribution in [3.8, 4) is 0 Å². The van der Waals surface area contributed by atoms with Gasteiger partial charge in [-0.25, -0.2) is 0 Å². The molecule has 0 saturated heterocycles. The molecule has 0 fully saturated rings. The van der Waals surface area contributed by atoms with Crippen LogP contribution in [0.15, 0.2) is 27.1 Å². The lowest BCUT2D eigenvalue weighted by Crippen LogP contribution is -2.28. The molecule has 0 bridgehead atoms. The minimum absolute atomic E-state index is 0.130. The molecule has 0 heterocycles. The smallest absolute Gasteiger partial charge is 0.227 e. The summed E-state index contributed by atoms with van der Waals surface area (Å²) in [6.07, 6.45) is -0.0166. The summed E-state index contributed by atoms with van der Waals surface area (Å²) in [5, 5.41) is 2.81. The molecule has 4 nitrogen and oxygen atoms in total. The van der Waals surface area contributed by atoms with Crippen LogP contribution in [-0.2, 0) is 9.53 Å². The van der Waals surface area contributed by atoms with Crippen molar-refractivity contribution < 1.29 is 9.53 Å². The number of hydrogen-bond acceptors (Lipinski definition) is 3. The number of nitrogens with two attached hydrogens (primary N) is 1. The van der Waals surface area contributed by atoms with E-state index in [1.165, 1.54) is 0 Å². The number of benzene rings is 1. The Bertz CT molecular complexity index is 375. The average molecular weight is 366 g/mol. The predicted molar refractivity (Wildman–Crippen MR) is 74.9 cm³/mol. The fraction of sp³-hybridized carbons (Fsp3) is 0.364. The van der Waals surface area contributed by atoms with Crippen molar-refractivity contribution in [2.75, 3.05) is 19.0 Å². The molecule has 1 aromatic carbocycles. The van der Waals surface area contributed by atoms with Gasteiger partial charge in [-0.15, -0.1) is 0 Å². The van der Waals surface area contributed by atoms with Gasteiger partial charge in [-0.1, -0.05) is 6.07 Å². The van der Waals surface area contributed by atoms with Crippen LogP contribution in [0.5, 0.6) is 0 Å². The Balaban J connectivity index is 2.68. The zero-order valence-corrected chi connectivity index (χ0v) is 12.5. The first-order valence-electron chi connectivity index (χ1n) is 5.05. The molecule has 1 amide bonds. The minimum Gasteiger partial charge on any atom is -0.380 e. The SMILES string of the molecule is COC(CN)CC(=O)Nc1c(Br)cccc1Br. The molecule has 0 radical (unpaired) electrons. The van der Waals surface area contributed by atoms with Crippen LogP contribution in [0.1, 0.15) is 6.42 Å². The number of para-hydroxylation sites is 1. The number of carbonyl (C=O) groups excluding carboxylic acids is 1. The second-order valence-corrected chi connectivity index (χ2v) is 5.15.